The van der Waals surface area contributed by atoms with E-state index >= 15 is 0 Å². The third kappa shape index (κ3) is 2.19. The zero-order chi connectivity index (χ0) is 10.7. The average Bonchev–Trinajstić information content (AvgIpc) is 2.87. The molecule has 0 aliphatic heterocycles. The molecule has 0 bridgehead atoms. The number of ether oxygens (including phenoxy) is 1. The van der Waals surface area contributed by atoms with Crippen LogP contribution in [0.2, 0.25) is 0 Å². The molecule has 2 saturated carbocycles. The van der Waals surface area contributed by atoms with E-state index in [1.54, 1.807) is 0 Å². The summed E-state index contributed by atoms with van der Waals surface area (Å²) in [6.45, 7) is 2.13. The fraction of sp³-hybridized carbons (Fsp3) is 0.923. The van der Waals surface area contributed by atoms with Crippen LogP contribution in [0.25, 0.3) is 0 Å². The summed E-state index contributed by atoms with van der Waals surface area (Å²) in [5.41, 5.74) is -0.109. The van der Waals surface area contributed by atoms with Crippen LogP contribution in [0.4, 0.5) is 0 Å². The standard InChI is InChI=1S/C13H22O2/c1-2-13(9-5-6-10-13)12(14)15-11-7-3-4-8-11/h11H,2-10H2,1H3. The topological polar surface area (TPSA) is 26.3 Å². The molecule has 0 spiro atoms. The summed E-state index contributed by atoms with van der Waals surface area (Å²) in [5, 5.41) is 0. The number of carbonyl (C=O) groups is 1. The van der Waals surface area contributed by atoms with E-state index in [0.717, 1.165) is 32.1 Å². The van der Waals surface area contributed by atoms with Gasteiger partial charge in [-0.3, -0.25) is 4.79 Å². The zero-order valence-corrected chi connectivity index (χ0v) is 9.76. The van der Waals surface area contributed by atoms with Crippen molar-refractivity contribution in [3.05, 3.63) is 0 Å². The Morgan fingerprint density at radius 2 is 1.80 bits per heavy atom. The highest BCUT2D eigenvalue weighted by Crippen LogP contribution is 2.42. The number of hydrogen-bond acceptors (Lipinski definition) is 2. The summed E-state index contributed by atoms with van der Waals surface area (Å²) in [4.78, 5) is 12.1. The second-order valence-electron chi connectivity index (χ2n) is 5.15. The van der Waals surface area contributed by atoms with Crippen LogP contribution in [-0.2, 0) is 9.53 Å². The van der Waals surface area contributed by atoms with Crippen LogP contribution in [0.1, 0.15) is 64.7 Å². The quantitative estimate of drug-likeness (QED) is 0.667. The number of rotatable bonds is 3. The molecule has 0 radical (unpaired) electrons. The van der Waals surface area contributed by atoms with Gasteiger partial charge in [-0.1, -0.05) is 19.8 Å². The predicted octanol–water partition coefficient (Wildman–Crippen LogP) is 3.44. The van der Waals surface area contributed by atoms with Crippen molar-refractivity contribution >= 4 is 5.97 Å². The molecule has 86 valence electrons. The Bertz CT molecular complexity index is 223. The maximum atomic E-state index is 12.1. The Hall–Kier alpha value is -0.530. The van der Waals surface area contributed by atoms with Crippen molar-refractivity contribution in [3.8, 4) is 0 Å². The van der Waals surface area contributed by atoms with E-state index in [1.807, 2.05) is 0 Å². The average molecular weight is 210 g/mol. The van der Waals surface area contributed by atoms with Gasteiger partial charge in [0, 0.05) is 0 Å². The summed E-state index contributed by atoms with van der Waals surface area (Å²) in [5.74, 6) is 0.106. The molecule has 2 aliphatic rings. The van der Waals surface area contributed by atoms with Gasteiger partial charge in [-0.2, -0.15) is 0 Å². The van der Waals surface area contributed by atoms with Gasteiger partial charge in [-0.05, 0) is 44.9 Å². The van der Waals surface area contributed by atoms with Crippen LogP contribution < -0.4 is 0 Å². The highest BCUT2D eigenvalue weighted by molar-refractivity contribution is 5.77. The molecule has 0 heterocycles. The molecule has 0 aromatic heterocycles. The highest BCUT2D eigenvalue weighted by atomic mass is 16.5. The van der Waals surface area contributed by atoms with Gasteiger partial charge in [0.15, 0.2) is 0 Å². The van der Waals surface area contributed by atoms with Crippen LogP contribution in [0.15, 0.2) is 0 Å². The van der Waals surface area contributed by atoms with E-state index in [2.05, 4.69) is 6.92 Å². The van der Waals surface area contributed by atoms with Crippen LogP contribution in [0.3, 0.4) is 0 Å². The first kappa shape index (κ1) is 11.0. The molecule has 2 heteroatoms. The summed E-state index contributed by atoms with van der Waals surface area (Å²) < 4.78 is 5.65. The van der Waals surface area contributed by atoms with Gasteiger partial charge in [-0.15, -0.1) is 0 Å². The van der Waals surface area contributed by atoms with Crippen molar-refractivity contribution < 1.29 is 9.53 Å². The van der Waals surface area contributed by atoms with Gasteiger partial charge < -0.3 is 4.74 Å². The Labute approximate surface area is 92.4 Å². The van der Waals surface area contributed by atoms with Crippen molar-refractivity contribution in [1.82, 2.24) is 0 Å². The molecule has 0 atom stereocenters. The smallest absolute Gasteiger partial charge is 0.312 e. The summed E-state index contributed by atoms with van der Waals surface area (Å²) in [6, 6.07) is 0. The zero-order valence-electron chi connectivity index (χ0n) is 9.76. The second-order valence-corrected chi connectivity index (χ2v) is 5.15. The first-order valence-electron chi connectivity index (χ1n) is 6.48. The molecule has 0 unspecified atom stereocenters. The molecule has 2 fully saturated rings. The van der Waals surface area contributed by atoms with Gasteiger partial charge >= 0.3 is 5.97 Å². The van der Waals surface area contributed by atoms with E-state index in [0.29, 0.717) is 0 Å². The van der Waals surface area contributed by atoms with E-state index < -0.39 is 0 Å². The molecule has 0 amide bonds. The third-order valence-corrected chi connectivity index (χ3v) is 4.25. The lowest BCUT2D eigenvalue weighted by atomic mass is 9.83. The third-order valence-electron chi connectivity index (χ3n) is 4.25. The molecule has 2 rings (SSSR count). The van der Waals surface area contributed by atoms with Crippen molar-refractivity contribution in [2.45, 2.75) is 70.8 Å². The Kier molecular flexibility index (Phi) is 3.32. The maximum absolute atomic E-state index is 12.1. The van der Waals surface area contributed by atoms with E-state index in [9.17, 15) is 4.79 Å². The van der Waals surface area contributed by atoms with Crippen LogP contribution in [-0.4, -0.2) is 12.1 Å². The van der Waals surface area contributed by atoms with E-state index in [4.69, 9.17) is 4.74 Å². The monoisotopic (exact) mass is 210 g/mol. The molecular formula is C13H22O2. The van der Waals surface area contributed by atoms with Gasteiger partial charge in [-0.25, -0.2) is 0 Å². The fourth-order valence-electron chi connectivity index (χ4n) is 3.04. The molecule has 0 aromatic carbocycles. The second kappa shape index (κ2) is 4.54. The Balaban J connectivity index is 1.92. The molecule has 2 nitrogen and oxygen atoms in total. The van der Waals surface area contributed by atoms with Crippen molar-refractivity contribution in [2.24, 2.45) is 5.41 Å². The van der Waals surface area contributed by atoms with Gasteiger partial charge in [0.05, 0.1) is 5.41 Å². The molecule has 2 aliphatic carbocycles. The number of carbonyl (C=O) groups excluding carboxylic acids is 1. The number of hydrogen-bond donors (Lipinski definition) is 0. The van der Waals surface area contributed by atoms with Crippen LogP contribution in [0, 0.1) is 5.41 Å². The lowest BCUT2D eigenvalue weighted by Crippen LogP contribution is -2.32. The summed E-state index contributed by atoms with van der Waals surface area (Å²) in [6.07, 6.45) is 10.3. The van der Waals surface area contributed by atoms with E-state index in [-0.39, 0.29) is 17.5 Å². The first-order chi connectivity index (χ1) is 7.27. The molecular weight excluding hydrogens is 188 g/mol. The lowest BCUT2D eigenvalue weighted by molar-refractivity contribution is -0.161. The number of esters is 1. The van der Waals surface area contributed by atoms with Crippen molar-refractivity contribution in [1.29, 1.82) is 0 Å². The minimum absolute atomic E-state index is 0.106. The summed E-state index contributed by atoms with van der Waals surface area (Å²) >= 11 is 0. The fourth-order valence-corrected chi connectivity index (χ4v) is 3.04. The van der Waals surface area contributed by atoms with Crippen molar-refractivity contribution in [2.75, 3.05) is 0 Å². The Morgan fingerprint density at radius 3 is 2.33 bits per heavy atom. The molecule has 0 aromatic rings. The minimum Gasteiger partial charge on any atom is -0.462 e. The van der Waals surface area contributed by atoms with Gasteiger partial charge in [0.25, 0.3) is 0 Å². The van der Waals surface area contributed by atoms with E-state index in [1.165, 1.54) is 25.7 Å². The Morgan fingerprint density at radius 1 is 1.20 bits per heavy atom. The minimum atomic E-state index is -0.109. The van der Waals surface area contributed by atoms with Crippen LogP contribution >= 0.6 is 0 Å². The van der Waals surface area contributed by atoms with Crippen LogP contribution in [0.5, 0.6) is 0 Å². The summed E-state index contributed by atoms with van der Waals surface area (Å²) in [7, 11) is 0. The SMILES string of the molecule is CCC1(C(=O)OC2CCCC2)CCCC1. The van der Waals surface area contributed by atoms with Gasteiger partial charge in [0.2, 0.25) is 0 Å². The normalized spacial score (nSPS) is 25.7. The molecule has 0 saturated heterocycles. The first-order valence-corrected chi connectivity index (χ1v) is 6.48. The maximum Gasteiger partial charge on any atom is 0.312 e. The largest absolute Gasteiger partial charge is 0.462 e. The molecule has 0 N–H and O–H groups in total. The predicted molar refractivity (Wildman–Crippen MR) is 59.5 cm³/mol. The highest BCUT2D eigenvalue weighted by Gasteiger charge is 2.41. The molecule has 15 heavy (non-hydrogen) atoms. The lowest BCUT2D eigenvalue weighted by Gasteiger charge is -2.26. The van der Waals surface area contributed by atoms with Crippen molar-refractivity contribution in [3.63, 3.8) is 0 Å². The van der Waals surface area contributed by atoms with Gasteiger partial charge in [0.1, 0.15) is 6.10 Å².